The van der Waals surface area contributed by atoms with E-state index in [2.05, 4.69) is 15.6 Å². The number of aliphatic imine (C=N–C) groups is 1. The number of hydrogen-bond acceptors (Lipinski definition) is 7. The SMILES string of the molecule is CCC(C)C(NC(=O)C(CC(N)=O)NC(=O)C1CCCN1C(=O)C(N)CCCN=C(N)N)C(=O)O. The number of carboxylic acid groups (broad SMARTS) is 1. The van der Waals surface area contributed by atoms with Gasteiger partial charge < -0.3 is 43.6 Å². The van der Waals surface area contributed by atoms with Gasteiger partial charge in [0.25, 0.3) is 0 Å². The van der Waals surface area contributed by atoms with Crippen LogP contribution in [0.2, 0.25) is 0 Å². The zero-order chi connectivity index (χ0) is 26.7. The molecule has 198 valence electrons. The minimum absolute atomic E-state index is 0.0606. The lowest BCUT2D eigenvalue weighted by molar-refractivity contribution is -0.144. The minimum atomic E-state index is -1.39. The Hall–Kier alpha value is -3.42. The number of hydrogen-bond donors (Lipinski definition) is 7. The van der Waals surface area contributed by atoms with Crippen molar-refractivity contribution in [2.24, 2.45) is 33.8 Å². The first kappa shape index (κ1) is 29.6. The van der Waals surface area contributed by atoms with Crippen LogP contribution in [0.4, 0.5) is 0 Å². The number of aliphatic carboxylic acids is 1. The predicted molar refractivity (Wildman–Crippen MR) is 127 cm³/mol. The Morgan fingerprint density at radius 1 is 1.14 bits per heavy atom. The fourth-order valence-electron chi connectivity index (χ4n) is 3.77. The number of nitrogens with two attached hydrogens (primary N) is 4. The van der Waals surface area contributed by atoms with E-state index in [9.17, 15) is 29.1 Å². The molecule has 14 nitrogen and oxygen atoms in total. The Bertz CT molecular complexity index is 816. The average Bonchev–Trinajstić information content (AvgIpc) is 3.27. The van der Waals surface area contributed by atoms with Gasteiger partial charge in [-0.1, -0.05) is 20.3 Å². The van der Waals surface area contributed by atoms with Gasteiger partial charge in [-0.3, -0.25) is 24.2 Å². The molecule has 0 aromatic heterocycles. The molecular weight excluding hydrogens is 460 g/mol. The number of nitrogens with one attached hydrogen (secondary N) is 2. The van der Waals surface area contributed by atoms with Gasteiger partial charge >= 0.3 is 5.97 Å². The average molecular weight is 499 g/mol. The second-order valence-corrected chi connectivity index (χ2v) is 8.69. The zero-order valence-electron chi connectivity index (χ0n) is 20.2. The summed E-state index contributed by atoms with van der Waals surface area (Å²) in [7, 11) is 0. The molecule has 0 aromatic carbocycles. The van der Waals surface area contributed by atoms with Gasteiger partial charge in [0.2, 0.25) is 23.6 Å². The number of carbonyl (C=O) groups excluding carboxylic acids is 4. The summed E-state index contributed by atoms with van der Waals surface area (Å²) < 4.78 is 0. The van der Waals surface area contributed by atoms with Gasteiger partial charge in [0, 0.05) is 13.1 Å². The molecule has 1 aliphatic heterocycles. The summed E-state index contributed by atoms with van der Waals surface area (Å²) in [5, 5.41) is 14.2. The second kappa shape index (κ2) is 14.1. The molecule has 0 bridgehead atoms. The number of rotatable bonds is 14. The summed E-state index contributed by atoms with van der Waals surface area (Å²) >= 11 is 0. The quantitative estimate of drug-likeness (QED) is 0.0748. The third-order valence-corrected chi connectivity index (χ3v) is 5.94. The van der Waals surface area contributed by atoms with E-state index in [1.807, 2.05) is 0 Å². The lowest BCUT2D eigenvalue weighted by Gasteiger charge is -2.29. The molecule has 0 saturated carbocycles. The lowest BCUT2D eigenvalue weighted by Crippen LogP contribution is -2.58. The third kappa shape index (κ3) is 9.39. The monoisotopic (exact) mass is 498 g/mol. The largest absolute Gasteiger partial charge is 0.480 e. The van der Waals surface area contributed by atoms with Crippen molar-refractivity contribution in [3.8, 4) is 0 Å². The molecule has 0 spiro atoms. The number of amides is 4. The molecule has 5 unspecified atom stereocenters. The van der Waals surface area contributed by atoms with Crippen LogP contribution in [0.5, 0.6) is 0 Å². The van der Waals surface area contributed by atoms with Crippen LogP contribution in [-0.4, -0.2) is 82.8 Å². The van der Waals surface area contributed by atoms with Crippen molar-refractivity contribution in [1.82, 2.24) is 15.5 Å². The first-order chi connectivity index (χ1) is 16.4. The van der Waals surface area contributed by atoms with E-state index in [1.54, 1.807) is 13.8 Å². The maximum absolute atomic E-state index is 13.0. The van der Waals surface area contributed by atoms with Gasteiger partial charge in [0.15, 0.2) is 5.96 Å². The van der Waals surface area contributed by atoms with Crippen molar-refractivity contribution in [1.29, 1.82) is 0 Å². The molecule has 1 heterocycles. The van der Waals surface area contributed by atoms with Crippen molar-refractivity contribution >= 4 is 35.6 Å². The van der Waals surface area contributed by atoms with Gasteiger partial charge in [0.05, 0.1) is 12.5 Å². The van der Waals surface area contributed by atoms with Crippen LogP contribution in [0.3, 0.4) is 0 Å². The molecule has 5 atom stereocenters. The predicted octanol–water partition coefficient (Wildman–Crippen LogP) is -2.67. The van der Waals surface area contributed by atoms with Crippen molar-refractivity contribution in [2.75, 3.05) is 13.1 Å². The van der Waals surface area contributed by atoms with Crippen molar-refractivity contribution in [3.63, 3.8) is 0 Å². The fourth-order valence-corrected chi connectivity index (χ4v) is 3.77. The van der Waals surface area contributed by atoms with E-state index in [1.165, 1.54) is 4.90 Å². The summed E-state index contributed by atoms with van der Waals surface area (Å²) in [6, 6.07) is -4.36. The van der Waals surface area contributed by atoms with E-state index >= 15 is 0 Å². The van der Waals surface area contributed by atoms with Crippen LogP contribution in [0, 0.1) is 5.92 Å². The molecule has 1 saturated heterocycles. The molecule has 0 aromatic rings. The first-order valence-electron chi connectivity index (χ1n) is 11.6. The highest BCUT2D eigenvalue weighted by atomic mass is 16.4. The summed E-state index contributed by atoms with van der Waals surface area (Å²) in [4.78, 5) is 66.8. The number of primary amides is 1. The Balaban J connectivity index is 2.87. The van der Waals surface area contributed by atoms with Crippen LogP contribution in [0.15, 0.2) is 4.99 Å². The lowest BCUT2D eigenvalue weighted by atomic mass is 9.98. The fraction of sp³-hybridized carbons (Fsp3) is 0.714. The molecule has 1 aliphatic rings. The zero-order valence-corrected chi connectivity index (χ0v) is 20.2. The number of carboxylic acids is 1. The molecule has 4 amide bonds. The van der Waals surface area contributed by atoms with Crippen molar-refractivity contribution in [2.45, 2.75) is 76.5 Å². The molecule has 1 rings (SSSR count). The van der Waals surface area contributed by atoms with Crippen LogP contribution in [-0.2, 0) is 24.0 Å². The Labute approximate surface area is 204 Å². The van der Waals surface area contributed by atoms with Crippen LogP contribution in [0.25, 0.3) is 0 Å². The van der Waals surface area contributed by atoms with E-state index < -0.39 is 66.1 Å². The molecule has 0 radical (unpaired) electrons. The maximum Gasteiger partial charge on any atom is 0.326 e. The molecular formula is C21H38N8O6. The molecule has 11 N–H and O–H groups in total. The Morgan fingerprint density at radius 3 is 2.34 bits per heavy atom. The van der Waals surface area contributed by atoms with E-state index in [-0.39, 0.29) is 5.96 Å². The van der Waals surface area contributed by atoms with Gasteiger partial charge in [-0.05, 0) is 31.6 Å². The topological polar surface area (TPSA) is 249 Å². The van der Waals surface area contributed by atoms with Gasteiger partial charge in [-0.15, -0.1) is 0 Å². The highest BCUT2D eigenvalue weighted by Crippen LogP contribution is 2.19. The van der Waals surface area contributed by atoms with Gasteiger partial charge in [-0.25, -0.2) is 4.79 Å². The highest BCUT2D eigenvalue weighted by molar-refractivity contribution is 5.96. The van der Waals surface area contributed by atoms with Crippen molar-refractivity contribution < 1.29 is 29.1 Å². The molecule has 0 aliphatic carbocycles. The number of likely N-dealkylation sites (tertiary alicyclic amines) is 1. The van der Waals surface area contributed by atoms with E-state index in [0.29, 0.717) is 45.2 Å². The highest BCUT2D eigenvalue weighted by Gasteiger charge is 2.38. The normalized spacial score (nSPS) is 18.6. The van der Waals surface area contributed by atoms with Gasteiger partial charge in [-0.2, -0.15) is 0 Å². The summed E-state index contributed by atoms with van der Waals surface area (Å²) in [5.74, 6) is -4.47. The molecule has 35 heavy (non-hydrogen) atoms. The van der Waals surface area contributed by atoms with Crippen LogP contribution in [0.1, 0.15) is 52.4 Å². The first-order valence-corrected chi connectivity index (χ1v) is 11.6. The third-order valence-electron chi connectivity index (χ3n) is 5.94. The Morgan fingerprint density at radius 2 is 1.80 bits per heavy atom. The summed E-state index contributed by atoms with van der Waals surface area (Å²) in [6.45, 7) is 4.04. The van der Waals surface area contributed by atoms with E-state index in [0.717, 1.165) is 0 Å². The van der Waals surface area contributed by atoms with Crippen LogP contribution < -0.4 is 33.6 Å². The second-order valence-electron chi connectivity index (χ2n) is 8.69. The Kier molecular flexibility index (Phi) is 11.9. The van der Waals surface area contributed by atoms with E-state index in [4.69, 9.17) is 22.9 Å². The number of carbonyl (C=O) groups is 5. The minimum Gasteiger partial charge on any atom is -0.480 e. The van der Waals surface area contributed by atoms with Crippen LogP contribution >= 0.6 is 0 Å². The number of guanidine groups is 1. The summed E-state index contributed by atoms with van der Waals surface area (Å²) in [6.07, 6.45) is 1.61. The summed E-state index contributed by atoms with van der Waals surface area (Å²) in [5.41, 5.74) is 21.8. The number of nitrogens with zero attached hydrogens (tertiary/aromatic N) is 2. The molecule has 1 fully saturated rings. The van der Waals surface area contributed by atoms with Crippen molar-refractivity contribution in [3.05, 3.63) is 0 Å². The maximum atomic E-state index is 13.0. The van der Waals surface area contributed by atoms with Gasteiger partial charge in [0.1, 0.15) is 18.1 Å². The smallest absolute Gasteiger partial charge is 0.326 e. The standard InChI is InChI=1S/C21H38N8O6/c1-3-11(2)16(20(34)35)28-17(31)13(10-15(23)30)27-18(32)14-7-5-9-29(14)19(33)12(22)6-4-8-26-21(24)25/h11-14,16H,3-10,22H2,1-2H3,(H2,23,30)(H,27,32)(H,28,31)(H,34,35)(H4,24,25,26). The molecule has 14 heteroatoms.